The van der Waals surface area contributed by atoms with Gasteiger partial charge in [0.25, 0.3) is 5.91 Å². The van der Waals surface area contributed by atoms with Crippen molar-refractivity contribution < 1.29 is 19.1 Å². The molecule has 7 nitrogen and oxygen atoms in total. The van der Waals surface area contributed by atoms with E-state index in [4.69, 9.17) is 9.47 Å². The quantitative estimate of drug-likeness (QED) is 0.730. The van der Waals surface area contributed by atoms with E-state index >= 15 is 0 Å². The molecule has 0 atom stereocenters. The molecule has 0 bridgehead atoms. The Morgan fingerprint density at radius 1 is 1.26 bits per heavy atom. The molecule has 27 heavy (non-hydrogen) atoms. The summed E-state index contributed by atoms with van der Waals surface area (Å²) in [6.45, 7) is 5.42. The molecule has 1 amide bonds. The molecule has 0 unspecified atom stereocenters. The number of aromatic nitrogens is 1. The van der Waals surface area contributed by atoms with E-state index in [1.54, 1.807) is 18.2 Å². The summed E-state index contributed by atoms with van der Waals surface area (Å²) in [6, 6.07) is 7.13. The maximum atomic E-state index is 12.7. The summed E-state index contributed by atoms with van der Waals surface area (Å²) >= 11 is 3.39. The molecule has 1 aromatic carbocycles. The molecule has 0 spiro atoms. The lowest BCUT2D eigenvalue weighted by atomic mass is 10.1. The van der Waals surface area contributed by atoms with Crippen molar-refractivity contribution in [3.63, 3.8) is 0 Å². The number of anilines is 2. The first-order chi connectivity index (χ1) is 13.0. The van der Waals surface area contributed by atoms with Gasteiger partial charge in [-0.05, 0) is 47.1 Å². The maximum absolute atomic E-state index is 12.7. The molecule has 2 heterocycles. The van der Waals surface area contributed by atoms with Crippen LogP contribution in [0.4, 0.5) is 11.4 Å². The SMILES string of the molecule is CCn1cc(Br)cc1C(=O)Nc1ccc(N2CCOCC2)cc1C(=O)OC. The van der Waals surface area contributed by atoms with Crippen molar-refractivity contribution in [3.8, 4) is 0 Å². The first-order valence-corrected chi connectivity index (χ1v) is 9.55. The van der Waals surface area contributed by atoms with E-state index in [1.807, 2.05) is 23.8 Å². The van der Waals surface area contributed by atoms with Crippen LogP contribution in [0, 0.1) is 0 Å². The zero-order valence-electron chi connectivity index (χ0n) is 15.3. The minimum Gasteiger partial charge on any atom is -0.465 e. The van der Waals surface area contributed by atoms with Crippen LogP contribution in [0.25, 0.3) is 0 Å². The molecular formula is C19H22BrN3O4. The van der Waals surface area contributed by atoms with Crippen LogP contribution in [0.1, 0.15) is 27.8 Å². The number of hydrogen-bond donors (Lipinski definition) is 1. The molecule has 8 heteroatoms. The number of aryl methyl sites for hydroxylation is 1. The Morgan fingerprint density at radius 3 is 2.67 bits per heavy atom. The number of amides is 1. The molecule has 1 aromatic heterocycles. The number of carbonyl (C=O) groups excluding carboxylic acids is 2. The number of nitrogens with zero attached hydrogens (tertiary/aromatic N) is 2. The second-order valence-electron chi connectivity index (χ2n) is 6.10. The second kappa shape index (κ2) is 8.58. The number of benzene rings is 1. The van der Waals surface area contributed by atoms with Gasteiger partial charge in [-0.25, -0.2) is 4.79 Å². The highest BCUT2D eigenvalue weighted by Crippen LogP contribution is 2.26. The minimum atomic E-state index is -0.493. The summed E-state index contributed by atoms with van der Waals surface area (Å²) < 4.78 is 12.9. The fourth-order valence-electron chi connectivity index (χ4n) is 3.05. The standard InChI is InChI=1S/C19H22BrN3O4/c1-3-22-12-13(20)10-17(22)18(24)21-16-5-4-14(11-15(16)19(25)26-2)23-6-8-27-9-7-23/h4-5,10-12H,3,6-9H2,1-2H3,(H,21,24). The van der Waals surface area contributed by atoms with Crippen molar-refractivity contribution in [2.75, 3.05) is 43.6 Å². The number of halogens is 1. The number of morpholine rings is 1. The predicted molar refractivity (Wildman–Crippen MR) is 107 cm³/mol. The molecule has 144 valence electrons. The number of methoxy groups -OCH3 is 1. The van der Waals surface area contributed by atoms with Gasteiger partial charge in [-0.1, -0.05) is 0 Å². The second-order valence-corrected chi connectivity index (χ2v) is 7.02. The molecule has 0 saturated carbocycles. The average molecular weight is 436 g/mol. The number of esters is 1. The summed E-state index contributed by atoms with van der Waals surface area (Å²) in [6.07, 6.45) is 1.84. The average Bonchev–Trinajstić information content (AvgIpc) is 3.09. The van der Waals surface area contributed by atoms with Crippen LogP contribution in [0.15, 0.2) is 34.9 Å². The van der Waals surface area contributed by atoms with Crippen molar-refractivity contribution in [1.82, 2.24) is 4.57 Å². The predicted octanol–water partition coefficient (Wildman–Crippen LogP) is 3.15. The minimum absolute atomic E-state index is 0.285. The lowest BCUT2D eigenvalue weighted by molar-refractivity contribution is 0.0602. The van der Waals surface area contributed by atoms with Gasteiger partial charge in [0.2, 0.25) is 0 Å². The summed E-state index contributed by atoms with van der Waals surface area (Å²) in [4.78, 5) is 27.1. The van der Waals surface area contributed by atoms with Crippen LogP contribution >= 0.6 is 15.9 Å². The summed E-state index contributed by atoms with van der Waals surface area (Å²) in [5, 5.41) is 2.84. The highest BCUT2D eigenvalue weighted by molar-refractivity contribution is 9.10. The molecule has 1 aliphatic heterocycles. The first kappa shape index (κ1) is 19.4. The van der Waals surface area contributed by atoms with E-state index in [9.17, 15) is 9.59 Å². The molecule has 2 aromatic rings. The Morgan fingerprint density at radius 2 is 2.00 bits per heavy atom. The van der Waals surface area contributed by atoms with Crippen LogP contribution in [0.2, 0.25) is 0 Å². The third kappa shape index (κ3) is 4.33. The van der Waals surface area contributed by atoms with E-state index in [1.165, 1.54) is 7.11 Å². The van der Waals surface area contributed by atoms with Crippen LogP contribution in [0.3, 0.4) is 0 Å². The van der Waals surface area contributed by atoms with Gasteiger partial charge in [0.15, 0.2) is 0 Å². The third-order valence-corrected chi connectivity index (χ3v) is 4.90. The van der Waals surface area contributed by atoms with E-state index in [0.29, 0.717) is 36.7 Å². The fraction of sp³-hybridized carbons (Fsp3) is 0.368. The number of carbonyl (C=O) groups is 2. The summed E-state index contributed by atoms with van der Waals surface area (Å²) in [7, 11) is 1.33. The lowest BCUT2D eigenvalue weighted by Crippen LogP contribution is -2.36. The molecule has 1 saturated heterocycles. The Hall–Kier alpha value is -2.32. The molecule has 3 rings (SSSR count). The van der Waals surface area contributed by atoms with Crippen molar-refractivity contribution >= 4 is 39.2 Å². The molecular weight excluding hydrogens is 414 g/mol. The Bertz CT molecular complexity index is 843. The zero-order chi connectivity index (χ0) is 19.4. The number of rotatable bonds is 5. The van der Waals surface area contributed by atoms with Gasteiger partial charge < -0.3 is 24.3 Å². The van der Waals surface area contributed by atoms with Gasteiger partial charge in [-0.3, -0.25) is 4.79 Å². The normalized spacial score (nSPS) is 14.1. The van der Waals surface area contributed by atoms with E-state index < -0.39 is 5.97 Å². The maximum Gasteiger partial charge on any atom is 0.340 e. The molecule has 1 N–H and O–H groups in total. The molecule has 0 aliphatic carbocycles. The zero-order valence-corrected chi connectivity index (χ0v) is 16.9. The summed E-state index contributed by atoms with van der Waals surface area (Å²) in [5.74, 6) is -0.778. The van der Waals surface area contributed by atoms with Crippen molar-refractivity contribution in [2.24, 2.45) is 0 Å². The van der Waals surface area contributed by atoms with Crippen molar-refractivity contribution in [2.45, 2.75) is 13.5 Å². The molecule has 0 radical (unpaired) electrons. The molecule has 1 fully saturated rings. The largest absolute Gasteiger partial charge is 0.465 e. The Kier molecular flexibility index (Phi) is 6.18. The van der Waals surface area contributed by atoms with Crippen molar-refractivity contribution in [3.05, 3.63) is 46.2 Å². The lowest BCUT2D eigenvalue weighted by Gasteiger charge is -2.29. The first-order valence-electron chi connectivity index (χ1n) is 8.75. The summed E-state index contributed by atoms with van der Waals surface area (Å²) in [5.41, 5.74) is 2.15. The van der Waals surface area contributed by atoms with E-state index in [-0.39, 0.29) is 5.91 Å². The smallest absolute Gasteiger partial charge is 0.340 e. The van der Waals surface area contributed by atoms with Gasteiger partial charge in [0.05, 0.1) is 31.6 Å². The van der Waals surface area contributed by atoms with Crippen molar-refractivity contribution in [1.29, 1.82) is 0 Å². The van der Waals surface area contributed by atoms with Gasteiger partial charge in [-0.15, -0.1) is 0 Å². The van der Waals surface area contributed by atoms with Crippen LogP contribution in [0.5, 0.6) is 0 Å². The molecule has 1 aliphatic rings. The van der Waals surface area contributed by atoms with E-state index in [2.05, 4.69) is 26.1 Å². The highest BCUT2D eigenvalue weighted by atomic mass is 79.9. The Balaban J connectivity index is 1.89. The highest BCUT2D eigenvalue weighted by Gasteiger charge is 2.20. The number of ether oxygens (including phenoxy) is 2. The topological polar surface area (TPSA) is 72.8 Å². The monoisotopic (exact) mass is 435 g/mol. The van der Waals surface area contributed by atoms with Gasteiger partial charge >= 0.3 is 5.97 Å². The fourth-order valence-corrected chi connectivity index (χ4v) is 3.52. The van der Waals surface area contributed by atoms with E-state index in [0.717, 1.165) is 23.2 Å². The Labute approximate surface area is 166 Å². The van der Waals surface area contributed by atoms with Gasteiger partial charge in [-0.2, -0.15) is 0 Å². The number of nitrogens with one attached hydrogen (secondary N) is 1. The van der Waals surface area contributed by atoms with Gasteiger partial charge in [0.1, 0.15) is 5.69 Å². The van der Waals surface area contributed by atoms with Crippen LogP contribution in [-0.2, 0) is 16.0 Å². The van der Waals surface area contributed by atoms with Gasteiger partial charge in [0, 0.05) is 36.0 Å². The van der Waals surface area contributed by atoms with Crippen LogP contribution < -0.4 is 10.2 Å². The third-order valence-electron chi connectivity index (χ3n) is 4.47. The van der Waals surface area contributed by atoms with Crippen LogP contribution in [-0.4, -0.2) is 49.9 Å². The number of hydrogen-bond acceptors (Lipinski definition) is 5.